The lowest BCUT2D eigenvalue weighted by Crippen LogP contribution is -2.49. The Labute approximate surface area is 279 Å². The van der Waals surface area contributed by atoms with Gasteiger partial charge in [-0.2, -0.15) is 4.31 Å². The molecule has 4 aromatic rings. The molecule has 3 aliphatic rings. The van der Waals surface area contributed by atoms with Crippen LogP contribution in [0, 0.1) is 0 Å². The number of ether oxygens (including phenoxy) is 2. The SMILES string of the molecule is C1CCNCC1.COc1ccccc1C1(OC(=O)N2CCCCC2)C(=O)N(S(=O)(=O)c2cccc3cccnc23)c2ccc(Cl)cc21. The molecule has 1 unspecified atom stereocenters. The number of methoxy groups -OCH3 is 1. The first-order valence-corrected chi connectivity index (χ1v) is 17.7. The zero-order valence-electron chi connectivity index (χ0n) is 26.2. The van der Waals surface area contributed by atoms with Crippen LogP contribution in [0.4, 0.5) is 10.5 Å². The molecule has 0 radical (unpaired) electrons. The van der Waals surface area contributed by atoms with Gasteiger partial charge in [0, 0.05) is 35.3 Å². The number of hydrogen-bond donors (Lipinski definition) is 1. The molecule has 0 bridgehead atoms. The number of para-hydroxylation sites is 2. The number of anilines is 1. The van der Waals surface area contributed by atoms with Crippen molar-refractivity contribution in [2.24, 2.45) is 0 Å². The van der Waals surface area contributed by atoms with Gasteiger partial charge < -0.3 is 19.7 Å². The second-order valence-electron chi connectivity index (χ2n) is 11.7. The highest BCUT2D eigenvalue weighted by Gasteiger charge is 2.61. The molecule has 2 saturated heterocycles. The number of carbonyl (C=O) groups is 2. The fraction of sp³-hybridized carbons (Fsp3) is 0.343. The van der Waals surface area contributed by atoms with Gasteiger partial charge in [-0.25, -0.2) is 13.2 Å². The third-order valence-corrected chi connectivity index (χ3v) is 10.7. The van der Waals surface area contributed by atoms with E-state index in [1.54, 1.807) is 48.5 Å². The summed E-state index contributed by atoms with van der Waals surface area (Å²) in [6.45, 7) is 3.42. The monoisotopic (exact) mass is 676 g/mol. The van der Waals surface area contributed by atoms with Gasteiger partial charge in [0.05, 0.1) is 23.9 Å². The predicted octanol–water partition coefficient (Wildman–Crippen LogP) is 6.26. The predicted molar refractivity (Wildman–Crippen MR) is 180 cm³/mol. The Morgan fingerprint density at radius 1 is 0.894 bits per heavy atom. The zero-order valence-corrected chi connectivity index (χ0v) is 27.7. The van der Waals surface area contributed by atoms with Crippen LogP contribution in [0.2, 0.25) is 5.02 Å². The van der Waals surface area contributed by atoms with Gasteiger partial charge in [0.15, 0.2) is 0 Å². The van der Waals surface area contributed by atoms with Crippen LogP contribution < -0.4 is 14.4 Å². The minimum Gasteiger partial charge on any atom is -0.496 e. The maximum Gasteiger partial charge on any atom is 0.411 e. The molecule has 246 valence electrons. The number of likely N-dealkylation sites (tertiary alicyclic amines) is 1. The summed E-state index contributed by atoms with van der Waals surface area (Å²) in [5, 5.41) is 4.10. The molecule has 0 saturated carbocycles. The van der Waals surface area contributed by atoms with Crippen molar-refractivity contribution in [2.45, 2.75) is 49.0 Å². The maximum absolute atomic E-state index is 14.8. The van der Waals surface area contributed by atoms with E-state index < -0.39 is 27.6 Å². The van der Waals surface area contributed by atoms with Gasteiger partial charge in [-0.1, -0.05) is 54.4 Å². The number of amides is 2. The summed E-state index contributed by atoms with van der Waals surface area (Å²) in [7, 11) is -3.14. The van der Waals surface area contributed by atoms with Gasteiger partial charge in [-0.3, -0.25) is 9.78 Å². The Balaban J connectivity index is 0.000000580. The summed E-state index contributed by atoms with van der Waals surface area (Å²) >= 11 is 6.43. The first kappa shape index (κ1) is 32.7. The molecule has 10 nitrogen and oxygen atoms in total. The lowest BCUT2D eigenvalue weighted by molar-refractivity contribution is -0.132. The van der Waals surface area contributed by atoms with Crippen LogP contribution >= 0.6 is 11.6 Å². The Hall–Kier alpha value is -4.19. The van der Waals surface area contributed by atoms with Crippen molar-refractivity contribution >= 4 is 50.2 Å². The highest BCUT2D eigenvalue weighted by Crippen LogP contribution is 2.52. The van der Waals surface area contributed by atoms with Crippen molar-refractivity contribution in [3.8, 4) is 5.75 Å². The second kappa shape index (κ2) is 13.9. The molecular weight excluding hydrogens is 640 g/mol. The van der Waals surface area contributed by atoms with E-state index in [2.05, 4.69) is 10.3 Å². The van der Waals surface area contributed by atoms with Crippen LogP contribution in [0.1, 0.15) is 49.7 Å². The van der Waals surface area contributed by atoms with Gasteiger partial charge in [0.2, 0.25) is 5.60 Å². The van der Waals surface area contributed by atoms with E-state index in [1.165, 1.54) is 74.8 Å². The summed E-state index contributed by atoms with van der Waals surface area (Å²) in [5.74, 6) is -0.748. The molecule has 12 heteroatoms. The maximum atomic E-state index is 14.8. The van der Waals surface area contributed by atoms with Crippen molar-refractivity contribution < 1.29 is 27.5 Å². The molecular formula is C35H37ClN4O6S. The number of aromatic nitrogens is 1. The van der Waals surface area contributed by atoms with Gasteiger partial charge in [-0.15, -0.1) is 0 Å². The number of pyridine rings is 1. The first-order valence-electron chi connectivity index (χ1n) is 15.8. The van der Waals surface area contributed by atoms with Crippen molar-refractivity contribution in [1.29, 1.82) is 0 Å². The molecule has 7 rings (SSSR count). The number of halogens is 1. The number of fused-ring (bicyclic) bond motifs is 2. The molecule has 1 atom stereocenters. The number of nitrogens with one attached hydrogen (secondary N) is 1. The van der Waals surface area contributed by atoms with Crippen LogP contribution in [0.5, 0.6) is 5.75 Å². The highest BCUT2D eigenvalue weighted by atomic mass is 35.5. The minimum atomic E-state index is -4.57. The molecule has 2 fully saturated rings. The average Bonchev–Trinajstić information content (AvgIpc) is 3.36. The Morgan fingerprint density at radius 3 is 2.32 bits per heavy atom. The Morgan fingerprint density at radius 2 is 1.62 bits per heavy atom. The molecule has 0 aliphatic carbocycles. The fourth-order valence-electron chi connectivity index (χ4n) is 6.38. The largest absolute Gasteiger partial charge is 0.496 e. The van der Waals surface area contributed by atoms with Crippen LogP contribution in [0.25, 0.3) is 10.9 Å². The Kier molecular flexibility index (Phi) is 9.67. The minimum absolute atomic E-state index is 0.0182. The van der Waals surface area contributed by atoms with E-state index >= 15 is 0 Å². The van der Waals surface area contributed by atoms with Crippen molar-refractivity contribution in [3.05, 3.63) is 95.1 Å². The summed E-state index contributed by atoms with van der Waals surface area (Å²) in [4.78, 5) is 34.1. The number of rotatable bonds is 5. The molecule has 2 amide bonds. The van der Waals surface area contributed by atoms with Crippen molar-refractivity contribution in [2.75, 3.05) is 37.6 Å². The topological polar surface area (TPSA) is 118 Å². The third-order valence-electron chi connectivity index (χ3n) is 8.70. The zero-order chi connectivity index (χ0) is 33.0. The van der Waals surface area contributed by atoms with Crippen molar-refractivity contribution in [3.63, 3.8) is 0 Å². The Bertz CT molecular complexity index is 1880. The van der Waals surface area contributed by atoms with Crippen LogP contribution in [0.3, 0.4) is 0 Å². The van der Waals surface area contributed by atoms with E-state index in [9.17, 15) is 18.0 Å². The van der Waals surface area contributed by atoms with Gasteiger partial charge in [-0.05, 0) is 81.6 Å². The fourth-order valence-corrected chi connectivity index (χ4v) is 8.18. The molecule has 47 heavy (non-hydrogen) atoms. The van der Waals surface area contributed by atoms with E-state index in [1.807, 2.05) is 0 Å². The number of benzene rings is 3. The van der Waals surface area contributed by atoms with Crippen LogP contribution in [0.15, 0.2) is 83.9 Å². The van der Waals surface area contributed by atoms with Crippen LogP contribution in [-0.2, 0) is 25.2 Å². The number of carbonyl (C=O) groups excluding carboxylic acids is 2. The summed E-state index contributed by atoms with van der Waals surface area (Å²) in [5.41, 5.74) is -1.69. The first-order chi connectivity index (χ1) is 22.8. The van der Waals surface area contributed by atoms with E-state index in [0.29, 0.717) is 22.8 Å². The lowest BCUT2D eigenvalue weighted by Gasteiger charge is -2.34. The third kappa shape index (κ3) is 6.15. The molecule has 0 spiro atoms. The summed E-state index contributed by atoms with van der Waals surface area (Å²) < 4.78 is 41.3. The molecule has 1 N–H and O–H groups in total. The van der Waals surface area contributed by atoms with Gasteiger partial charge >= 0.3 is 6.09 Å². The normalized spacial score (nSPS) is 19.5. The number of nitrogens with zero attached hydrogens (tertiary/aromatic N) is 3. The van der Waals surface area contributed by atoms with Gasteiger partial charge in [0.1, 0.15) is 10.6 Å². The molecule has 3 aliphatic heterocycles. The van der Waals surface area contributed by atoms with Gasteiger partial charge in [0.25, 0.3) is 15.9 Å². The number of piperidine rings is 2. The highest BCUT2D eigenvalue weighted by molar-refractivity contribution is 7.93. The van der Waals surface area contributed by atoms with E-state index in [-0.39, 0.29) is 38.0 Å². The van der Waals surface area contributed by atoms with Crippen LogP contribution in [-0.4, -0.2) is 63.6 Å². The van der Waals surface area contributed by atoms with E-state index in [4.69, 9.17) is 21.1 Å². The second-order valence-corrected chi connectivity index (χ2v) is 13.9. The van der Waals surface area contributed by atoms with E-state index in [0.717, 1.165) is 19.3 Å². The molecule has 4 heterocycles. The molecule has 1 aromatic heterocycles. The average molecular weight is 677 g/mol. The van der Waals surface area contributed by atoms with Crippen molar-refractivity contribution in [1.82, 2.24) is 15.2 Å². The summed E-state index contributed by atoms with van der Waals surface area (Å²) in [6.07, 6.45) is 7.53. The molecule has 3 aromatic carbocycles. The summed E-state index contributed by atoms with van der Waals surface area (Å²) in [6, 6.07) is 19.1. The number of hydrogen-bond acceptors (Lipinski definition) is 8. The standard InChI is InChI=1S/C30H26ClN3O6S.C5H11N/c1-39-25-12-4-3-11-22(25)30(40-29(36)33-17-5-2-6-18-33)23-19-21(31)14-15-24(23)34(28(30)35)41(37,38)26-13-7-9-20-10-8-16-32-27(20)26;1-2-4-6-5-3-1/h3-4,7-16,19H,2,5-6,17-18H2,1H3;6H,1-5H2. The number of sulfonamides is 1. The smallest absolute Gasteiger partial charge is 0.411 e. The lowest BCUT2D eigenvalue weighted by atomic mass is 9.86. The quantitative estimate of drug-likeness (QED) is 0.263.